The van der Waals surface area contributed by atoms with Crippen LogP contribution in [0.2, 0.25) is 0 Å². The van der Waals surface area contributed by atoms with Gasteiger partial charge in [0.25, 0.3) is 0 Å². The van der Waals surface area contributed by atoms with Crippen LogP contribution in [-0.4, -0.2) is 58.4 Å². The summed E-state index contributed by atoms with van der Waals surface area (Å²) >= 11 is 0. The molecule has 2 rings (SSSR count). The van der Waals surface area contributed by atoms with E-state index in [1.54, 1.807) is 7.05 Å². The second kappa shape index (κ2) is 15.5. The van der Waals surface area contributed by atoms with Crippen molar-refractivity contribution in [2.45, 2.75) is 25.8 Å². The molecule has 1 aliphatic rings. The molecule has 0 saturated carbocycles. The quantitative estimate of drug-likeness (QED) is 0.186. The van der Waals surface area contributed by atoms with Gasteiger partial charge in [-0.2, -0.15) is 0 Å². The molecule has 28 heavy (non-hydrogen) atoms. The number of guanidine groups is 1. The van der Waals surface area contributed by atoms with E-state index in [0.29, 0.717) is 31.4 Å². The van der Waals surface area contributed by atoms with Gasteiger partial charge in [0.2, 0.25) is 5.91 Å². The Morgan fingerprint density at radius 1 is 1.21 bits per heavy atom. The maximum Gasteiger partial charge on any atom is 0.222 e. The molecule has 1 aliphatic heterocycles. The lowest BCUT2D eigenvalue weighted by Gasteiger charge is -2.12. The topological polar surface area (TPSA) is 84.0 Å². The van der Waals surface area contributed by atoms with Crippen molar-refractivity contribution in [2.75, 3.05) is 46.6 Å². The molecule has 7 nitrogen and oxygen atoms in total. The Hall–Kier alpha value is -1.39. The van der Waals surface area contributed by atoms with Crippen LogP contribution in [0, 0.1) is 5.92 Å². The van der Waals surface area contributed by atoms with Crippen LogP contribution < -0.4 is 16.0 Å². The van der Waals surface area contributed by atoms with Gasteiger partial charge in [-0.3, -0.25) is 9.79 Å². The maximum atomic E-state index is 11.9. The number of halogens is 1. The fraction of sp³-hybridized carbons (Fsp3) is 0.600. The standard InChI is InChI=1S/C20H32N4O3.HI/c1-21-20(22-10-5-12-26-15-18-9-13-27-16-18)23-11-8-19(25)24-14-17-6-3-2-4-7-17;/h2-4,6-7,18H,5,8-16H2,1H3,(H,24,25)(H2,21,22,23);1H. The van der Waals surface area contributed by atoms with E-state index < -0.39 is 0 Å². The minimum Gasteiger partial charge on any atom is -0.381 e. The zero-order chi connectivity index (χ0) is 19.2. The predicted molar refractivity (Wildman–Crippen MR) is 122 cm³/mol. The van der Waals surface area contributed by atoms with Gasteiger partial charge in [-0.15, -0.1) is 24.0 Å². The van der Waals surface area contributed by atoms with Gasteiger partial charge in [0, 0.05) is 52.2 Å². The van der Waals surface area contributed by atoms with Crippen molar-refractivity contribution in [2.24, 2.45) is 10.9 Å². The fourth-order valence-electron chi connectivity index (χ4n) is 2.75. The first-order valence-electron chi connectivity index (χ1n) is 9.68. The normalized spacial score (nSPS) is 16.3. The van der Waals surface area contributed by atoms with Gasteiger partial charge in [0.15, 0.2) is 5.96 Å². The third-order valence-electron chi connectivity index (χ3n) is 4.34. The summed E-state index contributed by atoms with van der Waals surface area (Å²) in [5, 5.41) is 9.30. The summed E-state index contributed by atoms with van der Waals surface area (Å²) in [5.41, 5.74) is 1.10. The minimum absolute atomic E-state index is 0. The molecule has 1 unspecified atom stereocenters. The Morgan fingerprint density at radius 2 is 2.00 bits per heavy atom. The predicted octanol–water partition coefficient (Wildman–Crippen LogP) is 1.92. The summed E-state index contributed by atoms with van der Waals surface area (Å²) < 4.78 is 11.0. The number of carbonyl (C=O) groups excluding carboxylic acids is 1. The van der Waals surface area contributed by atoms with Crippen molar-refractivity contribution in [1.29, 1.82) is 0 Å². The van der Waals surface area contributed by atoms with Crippen LogP contribution in [0.4, 0.5) is 0 Å². The minimum atomic E-state index is 0. The van der Waals surface area contributed by atoms with E-state index in [0.717, 1.165) is 51.4 Å². The molecule has 1 fully saturated rings. The number of carbonyl (C=O) groups is 1. The van der Waals surface area contributed by atoms with Crippen molar-refractivity contribution < 1.29 is 14.3 Å². The molecule has 0 aliphatic carbocycles. The smallest absolute Gasteiger partial charge is 0.222 e. The van der Waals surface area contributed by atoms with Crippen molar-refractivity contribution in [1.82, 2.24) is 16.0 Å². The molecule has 8 heteroatoms. The zero-order valence-corrected chi connectivity index (χ0v) is 18.9. The van der Waals surface area contributed by atoms with Crippen LogP contribution in [0.25, 0.3) is 0 Å². The average molecular weight is 504 g/mol. The largest absolute Gasteiger partial charge is 0.381 e. The van der Waals surface area contributed by atoms with Crippen LogP contribution in [0.3, 0.4) is 0 Å². The second-order valence-corrected chi connectivity index (χ2v) is 6.60. The highest BCUT2D eigenvalue weighted by Gasteiger charge is 2.15. The molecular formula is C20H33IN4O3. The van der Waals surface area contributed by atoms with E-state index in [1.165, 1.54) is 0 Å². The van der Waals surface area contributed by atoms with Crippen LogP contribution in [-0.2, 0) is 20.8 Å². The highest BCUT2D eigenvalue weighted by Crippen LogP contribution is 2.12. The second-order valence-electron chi connectivity index (χ2n) is 6.60. The lowest BCUT2D eigenvalue weighted by Crippen LogP contribution is -2.39. The van der Waals surface area contributed by atoms with E-state index >= 15 is 0 Å². The Bertz CT molecular complexity index is 566. The van der Waals surface area contributed by atoms with Crippen molar-refractivity contribution in [3.63, 3.8) is 0 Å². The first kappa shape index (κ1) is 24.6. The molecule has 0 bridgehead atoms. The summed E-state index contributed by atoms with van der Waals surface area (Å²) in [6, 6.07) is 9.88. The molecule has 1 saturated heterocycles. The molecule has 1 heterocycles. The van der Waals surface area contributed by atoms with Gasteiger partial charge in [-0.1, -0.05) is 30.3 Å². The van der Waals surface area contributed by atoms with Gasteiger partial charge in [0.1, 0.15) is 0 Å². The zero-order valence-electron chi connectivity index (χ0n) is 16.6. The molecule has 1 aromatic rings. The number of nitrogens with zero attached hydrogens (tertiary/aromatic N) is 1. The van der Waals surface area contributed by atoms with Gasteiger partial charge < -0.3 is 25.4 Å². The van der Waals surface area contributed by atoms with Crippen LogP contribution >= 0.6 is 24.0 Å². The van der Waals surface area contributed by atoms with Crippen molar-refractivity contribution in [3.05, 3.63) is 35.9 Å². The maximum absolute atomic E-state index is 11.9. The summed E-state index contributed by atoms with van der Waals surface area (Å²) in [6.07, 6.45) is 2.42. The molecule has 1 amide bonds. The first-order valence-corrected chi connectivity index (χ1v) is 9.68. The Morgan fingerprint density at radius 3 is 2.71 bits per heavy atom. The van der Waals surface area contributed by atoms with Gasteiger partial charge in [0.05, 0.1) is 13.2 Å². The van der Waals surface area contributed by atoms with Crippen molar-refractivity contribution >= 4 is 35.8 Å². The number of hydrogen-bond donors (Lipinski definition) is 3. The molecule has 0 radical (unpaired) electrons. The summed E-state index contributed by atoms with van der Waals surface area (Å²) in [5.74, 6) is 1.28. The molecule has 3 N–H and O–H groups in total. The third kappa shape index (κ3) is 10.8. The monoisotopic (exact) mass is 504 g/mol. The number of ether oxygens (including phenoxy) is 2. The highest BCUT2D eigenvalue weighted by atomic mass is 127. The molecule has 158 valence electrons. The van der Waals surface area contributed by atoms with Gasteiger partial charge in [-0.25, -0.2) is 0 Å². The first-order chi connectivity index (χ1) is 13.3. The number of amides is 1. The van der Waals surface area contributed by atoms with Crippen molar-refractivity contribution in [3.8, 4) is 0 Å². The van der Waals surface area contributed by atoms with Crippen LogP contribution in [0.5, 0.6) is 0 Å². The van der Waals surface area contributed by atoms with Crippen LogP contribution in [0.1, 0.15) is 24.8 Å². The average Bonchev–Trinajstić information content (AvgIpc) is 3.22. The summed E-state index contributed by atoms with van der Waals surface area (Å²) in [4.78, 5) is 16.1. The Balaban J connectivity index is 0.00000392. The number of aliphatic imine (C=N–C) groups is 1. The lowest BCUT2D eigenvalue weighted by atomic mass is 10.1. The molecule has 1 aromatic carbocycles. The number of hydrogen-bond acceptors (Lipinski definition) is 4. The molecular weight excluding hydrogens is 471 g/mol. The lowest BCUT2D eigenvalue weighted by molar-refractivity contribution is -0.121. The summed E-state index contributed by atoms with van der Waals surface area (Å²) in [7, 11) is 1.72. The van der Waals surface area contributed by atoms with E-state index in [9.17, 15) is 4.79 Å². The fourth-order valence-corrected chi connectivity index (χ4v) is 2.75. The van der Waals surface area contributed by atoms with E-state index in [-0.39, 0.29) is 29.9 Å². The highest BCUT2D eigenvalue weighted by molar-refractivity contribution is 14.0. The van der Waals surface area contributed by atoms with Gasteiger partial charge in [-0.05, 0) is 18.4 Å². The molecule has 0 aromatic heterocycles. The van der Waals surface area contributed by atoms with Gasteiger partial charge >= 0.3 is 0 Å². The Kier molecular flexibility index (Phi) is 13.7. The number of rotatable bonds is 11. The molecule has 1 atom stereocenters. The van der Waals surface area contributed by atoms with Crippen LogP contribution in [0.15, 0.2) is 35.3 Å². The van der Waals surface area contributed by atoms with E-state index in [2.05, 4.69) is 20.9 Å². The summed E-state index contributed by atoms with van der Waals surface area (Å²) in [6.45, 7) is 5.07. The number of benzene rings is 1. The number of nitrogens with one attached hydrogen (secondary N) is 3. The third-order valence-corrected chi connectivity index (χ3v) is 4.34. The molecule has 0 spiro atoms. The Labute approximate surface area is 185 Å². The SMILES string of the molecule is CN=C(NCCCOCC1CCOC1)NCCC(=O)NCc1ccccc1.I. The van der Waals surface area contributed by atoms with E-state index in [1.807, 2.05) is 30.3 Å². The van der Waals surface area contributed by atoms with E-state index in [4.69, 9.17) is 9.47 Å².